The first-order valence-corrected chi connectivity index (χ1v) is 6.77. The topological polar surface area (TPSA) is 28.2 Å². The Hall–Kier alpha value is -0.350. The molecule has 0 aromatic carbocycles. The first kappa shape index (κ1) is 16.7. The second-order valence-electron chi connectivity index (χ2n) is 5.34. The molecule has 108 valence electrons. The largest absolute Gasteiger partial charge is 0.310 e. The van der Waals surface area contributed by atoms with Crippen molar-refractivity contribution in [2.24, 2.45) is 0 Å². The lowest BCUT2D eigenvalue weighted by atomic mass is 10.1. The van der Waals surface area contributed by atoms with Crippen LogP contribution in [0.4, 0.5) is 0 Å². The van der Waals surface area contributed by atoms with Gasteiger partial charge in [-0.15, -0.1) is 24.8 Å². The van der Waals surface area contributed by atoms with Gasteiger partial charge in [-0.2, -0.15) is 0 Å². The standard InChI is InChI=1S/C14H21N3.2ClH/c1-2-12(10-15-7-1)5-8-17-9-6-13-3-4-14(11-17)16-13;;/h1-2,7,10,13-14,16H,3-6,8-9,11H2;2*1H. The molecule has 3 nitrogen and oxygen atoms in total. The third-order valence-electron chi connectivity index (χ3n) is 4.05. The van der Waals surface area contributed by atoms with Crippen molar-refractivity contribution in [2.45, 2.75) is 37.8 Å². The fourth-order valence-electron chi connectivity index (χ4n) is 3.05. The highest BCUT2D eigenvalue weighted by molar-refractivity contribution is 5.85. The van der Waals surface area contributed by atoms with Crippen LogP contribution in [-0.4, -0.2) is 41.6 Å². The summed E-state index contributed by atoms with van der Waals surface area (Å²) in [4.78, 5) is 6.79. The summed E-state index contributed by atoms with van der Waals surface area (Å²) in [5, 5.41) is 3.73. The van der Waals surface area contributed by atoms with Gasteiger partial charge in [0.25, 0.3) is 0 Å². The molecule has 2 atom stereocenters. The van der Waals surface area contributed by atoms with Gasteiger partial charge in [-0.1, -0.05) is 6.07 Å². The number of pyridine rings is 1. The van der Waals surface area contributed by atoms with Crippen LogP contribution in [0.25, 0.3) is 0 Å². The SMILES string of the molecule is Cl.Cl.c1cncc(CCN2CCC3CCC(C2)N3)c1. The van der Waals surface area contributed by atoms with Crippen LogP contribution in [0, 0.1) is 0 Å². The van der Waals surface area contributed by atoms with E-state index in [1.165, 1.54) is 44.5 Å². The summed E-state index contributed by atoms with van der Waals surface area (Å²) in [5.74, 6) is 0. The third-order valence-corrected chi connectivity index (χ3v) is 4.05. The van der Waals surface area contributed by atoms with E-state index in [4.69, 9.17) is 0 Å². The minimum atomic E-state index is 0. The maximum atomic E-state index is 4.17. The summed E-state index contributed by atoms with van der Waals surface area (Å²) in [6.07, 6.45) is 9.05. The van der Waals surface area contributed by atoms with Crippen molar-refractivity contribution in [1.82, 2.24) is 15.2 Å². The fraction of sp³-hybridized carbons (Fsp3) is 0.643. The van der Waals surface area contributed by atoms with E-state index in [0.29, 0.717) is 0 Å². The van der Waals surface area contributed by atoms with Gasteiger partial charge in [0.15, 0.2) is 0 Å². The number of likely N-dealkylation sites (tertiary alicyclic amines) is 1. The van der Waals surface area contributed by atoms with Gasteiger partial charge < -0.3 is 10.2 Å². The van der Waals surface area contributed by atoms with Crippen molar-refractivity contribution in [3.05, 3.63) is 30.1 Å². The smallest absolute Gasteiger partial charge is 0.0300 e. The molecule has 19 heavy (non-hydrogen) atoms. The molecule has 2 aliphatic heterocycles. The van der Waals surface area contributed by atoms with Gasteiger partial charge in [0.1, 0.15) is 0 Å². The van der Waals surface area contributed by atoms with Gasteiger partial charge >= 0.3 is 0 Å². The van der Waals surface area contributed by atoms with Crippen LogP contribution >= 0.6 is 24.8 Å². The predicted molar refractivity (Wildman–Crippen MR) is 83.4 cm³/mol. The summed E-state index contributed by atoms with van der Waals surface area (Å²) in [6, 6.07) is 5.75. The fourth-order valence-corrected chi connectivity index (χ4v) is 3.05. The number of aromatic nitrogens is 1. The van der Waals surface area contributed by atoms with E-state index in [-0.39, 0.29) is 24.8 Å². The van der Waals surface area contributed by atoms with Crippen LogP contribution < -0.4 is 5.32 Å². The van der Waals surface area contributed by atoms with E-state index in [2.05, 4.69) is 21.3 Å². The van der Waals surface area contributed by atoms with Crippen LogP contribution in [-0.2, 0) is 6.42 Å². The molecule has 2 fully saturated rings. The van der Waals surface area contributed by atoms with E-state index >= 15 is 0 Å². The third kappa shape index (κ3) is 4.60. The van der Waals surface area contributed by atoms with E-state index in [9.17, 15) is 0 Å². The molecular weight excluding hydrogens is 281 g/mol. The zero-order valence-electron chi connectivity index (χ0n) is 11.1. The van der Waals surface area contributed by atoms with Crippen LogP contribution in [0.5, 0.6) is 0 Å². The summed E-state index contributed by atoms with van der Waals surface area (Å²) in [7, 11) is 0. The quantitative estimate of drug-likeness (QED) is 0.929. The molecule has 2 saturated heterocycles. The average Bonchev–Trinajstić information content (AvgIpc) is 2.70. The summed E-state index contributed by atoms with van der Waals surface area (Å²) in [6.45, 7) is 3.67. The van der Waals surface area contributed by atoms with Crippen molar-refractivity contribution in [2.75, 3.05) is 19.6 Å². The van der Waals surface area contributed by atoms with Gasteiger partial charge in [0.05, 0.1) is 0 Å². The summed E-state index contributed by atoms with van der Waals surface area (Å²) in [5.41, 5.74) is 1.36. The Morgan fingerprint density at radius 2 is 2.05 bits per heavy atom. The van der Waals surface area contributed by atoms with Crippen LogP contribution in [0.3, 0.4) is 0 Å². The first-order chi connectivity index (χ1) is 8.40. The van der Waals surface area contributed by atoms with Crippen molar-refractivity contribution in [3.8, 4) is 0 Å². The number of nitrogens with one attached hydrogen (secondary N) is 1. The van der Waals surface area contributed by atoms with Gasteiger partial charge in [-0.3, -0.25) is 4.98 Å². The molecular formula is C14H23Cl2N3. The second-order valence-corrected chi connectivity index (χ2v) is 5.34. The Labute approximate surface area is 128 Å². The minimum absolute atomic E-state index is 0. The lowest BCUT2D eigenvalue weighted by Crippen LogP contribution is -2.36. The first-order valence-electron chi connectivity index (χ1n) is 6.77. The number of halogens is 2. The Bertz CT molecular complexity index is 361. The molecule has 1 aromatic heterocycles. The Kier molecular flexibility index (Phi) is 7.08. The van der Waals surface area contributed by atoms with Crippen LogP contribution in [0.1, 0.15) is 24.8 Å². The molecule has 0 saturated carbocycles. The predicted octanol–water partition coefficient (Wildman–Crippen LogP) is 2.29. The summed E-state index contributed by atoms with van der Waals surface area (Å²) < 4.78 is 0. The normalized spacial score (nSPS) is 26.1. The molecule has 0 radical (unpaired) electrons. The molecule has 2 bridgehead atoms. The molecule has 2 aliphatic rings. The Morgan fingerprint density at radius 3 is 2.84 bits per heavy atom. The second kappa shape index (κ2) is 8.05. The maximum Gasteiger partial charge on any atom is 0.0300 e. The summed E-state index contributed by atoms with van der Waals surface area (Å²) >= 11 is 0. The Balaban J connectivity index is 0.000000902. The van der Waals surface area contributed by atoms with Crippen molar-refractivity contribution >= 4 is 24.8 Å². The van der Waals surface area contributed by atoms with E-state index < -0.39 is 0 Å². The van der Waals surface area contributed by atoms with Crippen LogP contribution in [0.15, 0.2) is 24.5 Å². The lowest BCUT2D eigenvalue weighted by molar-refractivity contribution is 0.262. The van der Waals surface area contributed by atoms with E-state index in [1.54, 1.807) is 0 Å². The lowest BCUT2D eigenvalue weighted by Gasteiger charge is -2.23. The zero-order valence-corrected chi connectivity index (χ0v) is 12.8. The average molecular weight is 304 g/mol. The monoisotopic (exact) mass is 303 g/mol. The number of rotatable bonds is 3. The molecule has 0 amide bonds. The van der Waals surface area contributed by atoms with Crippen molar-refractivity contribution in [3.63, 3.8) is 0 Å². The van der Waals surface area contributed by atoms with Crippen molar-refractivity contribution < 1.29 is 0 Å². The van der Waals surface area contributed by atoms with Gasteiger partial charge in [0, 0.05) is 37.6 Å². The van der Waals surface area contributed by atoms with E-state index in [1.807, 2.05) is 18.5 Å². The number of nitrogens with zero attached hydrogens (tertiary/aromatic N) is 2. The highest BCUT2D eigenvalue weighted by Crippen LogP contribution is 2.20. The molecule has 2 unspecified atom stereocenters. The van der Waals surface area contributed by atoms with Crippen LogP contribution in [0.2, 0.25) is 0 Å². The molecule has 0 aliphatic carbocycles. The molecule has 1 aromatic rings. The highest BCUT2D eigenvalue weighted by atomic mass is 35.5. The number of fused-ring (bicyclic) bond motifs is 2. The molecule has 3 heterocycles. The molecule has 3 rings (SSSR count). The number of hydrogen-bond acceptors (Lipinski definition) is 3. The van der Waals surface area contributed by atoms with Gasteiger partial charge in [-0.05, 0) is 43.9 Å². The Morgan fingerprint density at radius 1 is 1.21 bits per heavy atom. The van der Waals surface area contributed by atoms with Gasteiger partial charge in [0.2, 0.25) is 0 Å². The van der Waals surface area contributed by atoms with E-state index in [0.717, 1.165) is 18.5 Å². The van der Waals surface area contributed by atoms with Crippen molar-refractivity contribution in [1.29, 1.82) is 0 Å². The maximum absolute atomic E-state index is 4.17. The molecule has 1 N–H and O–H groups in total. The highest BCUT2D eigenvalue weighted by Gasteiger charge is 2.28. The van der Waals surface area contributed by atoms with Gasteiger partial charge in [-0.25, -0.2) is 0 Å². The number of hydrogen-bond donors (Lipinski definition) is 1. The minimum Gasteiger partial charge on any atom is -0.310 e. The molecule has 0 spiro atoms. The zero-order chi connectivity index (χ0) is 11.5. The molecule has 5 heteroatoms.